The molecule has 0 saturated heterocycles. The number of aromatic amines is 1. The zero-order valence-electron chi connectivity index (χ0n) is 7.97. The molecule has 15 heavy (non-hydrogen) atoms. The Hall–Kier alpha value is -2.12. The summed E-state index contributed by atoms with van der Waals surface area (Å²) in [7, 11) is 0. The van der Waals surface area contributed by atoms with Crippen molar-refractivity contribution < 1.29 is 10.0 Å². The van der Waals surface area contributed by atoms with E-state index in [2.05, 4.69) is 25.7 Å². The normalized spacial score (nSPS) is 11.3. The summed E-state index contributed by atoms with van der Waals surface area (Å²) < 4.78 is 0. The van der Waals surface area contributed by atoms with Crippen LogP contribution in [0.4, 0.5) is 0 Å². The van der Waals surface area contributed by atoms with Crippen LogP contribution in [0.15, 0.2) is 11.5 Å². The zero-order chi connectivity index (χ0) is 11.1. The van der Waals surface area contributed by atoms with Crippen LogP contribution in [0.1, 0.15) is 12.2 Å². The fourth-order valence-corrected chi connectivity index (χ4v) is 0.934. The number of H-pyrrole nitrogens is 1. The van der Waals surface area contributed by atoms with E-state index >= 15 is 0 Å². The summed E-state index contributed by atoms with van der Waals surface area (Å²) in [5, 5.41) is 19.8. The number of amidine groups is 1. The van der Waals surface area contributed by atoms with Gasteiger partial charge in [0.05, 0.1) is 6.42 Å². The minimum Gasteiger partial charge on any atom is -0.409 e. The maximum absolute atomic E-state index is 11.1. The summed E-state index contributed by atoms with van der Waals surface area (Å²) >= 11 is 0. The second kappa shape index (κ2) is 5.58. The maximum Gasteiger partial charge on any atom is 0.227 e. The Morgan fingerprint density at radius 3 is 3.13 bits per heavy atom. The second-order valence-corrected chi connectivity index (χ2v) is 2.80. The highest BCUT2D eigenvalue weighted by molar-refractivity contribution is 5.98. The van der Waals surface area contributed by atoms with Gasteiger partial charge >= 0.3 is 0 Å². The number of carbonyl (C=O) groups is 1. The SMILES string of the molecule is NC(CC(=O)NCCc1ncn[nH]1)=NO. The summed E-state index contributed by atoms with van der Waals surface area (Å²) in [4.78, 5) is 15.0. The van der Waals surface area contributed by atoms with Gasteiger partial charge < -0.3 is 16.3 Å². The van der Waals surface area contributed by atoms with Crippen molar-refractivity contribution in [3.8, 4) is 0 Å². The molecule has 8 nitrogen and oxygen atoms in total. The van der Waals surface area contributed by atoms with Crippen LogP contribution in [-0.4, -0.2) is 38.7 Å². The Morgan fingerprint density at radius 1 is 1.73 bits per heavy atom. The number of oxime groups is 1. The molecule has 0 spiro atoms. The molecular formula is C7H12N6O2. The van der Waals surface area contributed by atoms with E-state index in [4.69, 9.17) is 10.9 Å². The first-order chi connectivity index (χ1) is 7.22. The number of hydrogen-bond donors (Lipinski definition) is 4. The highest BCUT2D eigenvalue weighted by Gasteiger charge is 2.04. The van der Waals surface area contributed by atoms with Crippen molar-refractivity contribution in [2.75, 3.05) is 6.54 Å². The first kappa shape index (κ1) is 11.0. The summed E-state index contributed by atoms with van der Waals surface area (Å²) in [5.41, 5.74) is 5.15. The summed E-state index contributed by atoms with van der Waals surface area (Å²) in [6.45, 7) is 0.423. The maximum atomic E-state index is 11.1. The lowest BCUT2D eigenvalue weighted by Crippen LogP contribution is -2.30. The topological polar surface area (TPSA) is 129 Å². The van der Waals surface area contributed by atoms with Crippen LogP contribution in [0.3, 0.4) is 0 Å². The average molecular weight is 212 g/mol. The van der Waals surface area contributed by atoms with Gasteiger partial charge in [-0.3, -0.25) is 9.89 Å². The summed E-state index contributed by atoms with van der Waals surface area (Å²) in [6, 6.07) is 0. The Labute approximate surface area is 85.6 Å². The molecule has 0 aliphatic rings. The molecule has 5 N–H and O–H groups in total. The van der Waals surface area contributed by atoms with Gasteiger partial charge in [-0.05, 0) is 0 Å². The smallest absolute Gasteiger partial charge is 0.227 e. The quantitative estimate of drug-likeness (QED) is 0.206. The molecule has 1 aromatic rings. The molecule has 0 atom stereocenters. The molecule has 0 aliphatic heterocycles. The molecule has 0 bridgehead atoms. The molecule has 0 fully saturated rings. The van der Waals surface area contributed by atoms with Crippen molar-refractivity contribution in [3.05, 3.63) is 12.2 Å². The van der Waals surface area contributed by atoms with Crippen LogP contribution in [0, 0.1) is 0 Å². The van der Waals surface area contributed by atoms with E-state index in [0.29, 0.717) is 18.8 Å². The number of aromatic nitrogens is 3. The molecule has 0 aromatic carbocycles. The fraction of sp³-hybridized carbons (Fsp3) is 0.429. The Kier molecular flexibility index (Phi) is 4.07. The number of nitrogens with two attached hydrogens (primary N) is 1. The number of hydrogen-bond acceptors (Lipinski definition) is 5. The van der Waals surface area contributed by atoms with Gasteiger partial charge in [0.1, 0.15) is 18.0 Å². The van der Waals surface area contributed by atoms with Gasteiger partial charge in [0.2, 0.25) is 5.91 Å². The molecule has 0 radical (unpaired) electrons. The Bertz CT molecular complexity index is 333. The highest BCUT2D eigenvalue weighted by atomic mass is 16.4. The van der Waals surface area contributed by atoms with Gasteiger partial charge in [-0.15, -0.1) is 0 Å². The molecular weight excluding hydrogens is 200 g/mol. The Balaban J connectivity index is 2.18. The van der Waals surface area contributed by atoms with E-state index in [9.17, 15) is 4.79 Å². The van der Waals surface area contributed by atoms with Crippen molar-refractivity contribution in [2.24, 2.45) is 10.9 Å². The van der Waals surface area contributed by atoms with Gasteiger partial charge in [-0.2, -0.15) is 5.10 Å². The molecule has 1 heterocycles. The average Bonchev–Trinajstić information content (AvgIpc) is 2.70. The number of nitrogens with one attached hydrogen (secondary N) is 2. The van der Waals surface area contributed by atoms with E-state index in [-0.39, 0.29) is 18.2 Å². The molecule has 8 heteroatoms. The first-order valence-electron chi connectivity index (χ1n) is 4.29. The molecule has 0 saturated carbocycles. The fourth-order valence-electron chi connectivity index (χ4n) is 0.934. The number of carbonyl (C=O) groups excluding carboxylic acids is 1. The van der Waals surface area contributed by atoms with E-state index in [1.54, 1.807) is 0 Å². The van der Waals surface area contributed by atoms with Gasteiger partial charge in [0.25, 0.3) is 0 Å². The largest absolute Gasteiger partial charge is 0.409 e. The molecule has 0 unspecified atom stereocenters. The van der Waals surface area contributed by atoms with E-state index in [0.717, 1.165) is 0 Å². The molecule has 1 aromatic heterocycles. The minimum absolute atomic E-state index is 0.118. The lowest BCUT2D eigenvalue weighted by molar-refractivity contribution is -0.119. The van der Waals surface area contributed by atoms with Crippen molar-refractivity contribution in [1.29, 1.82) is 0 Å². The van der Waals surface area contributed by atoms with Crippen molar-refractivity contribution in [3.63, 3.8) is 0 Å². The third-order valence-corrected chi connectivity index (χ3v) is 1.62. The summed E-state index contributed by atoms with van der Waals surface area (Å²) in [5.74, 6) is 0.274. The standard InChI is InChI=1S/C7H12N6O2/c8-5(13-15)3-7(14)9-2-1-6-10-4-11-12-6/h4,15H,1-3H2,(H2,8,13)(H,9,14)(H,10,11,12). The van der Waals surface area contributed by atoms with Gasteiger partial charge in [0, 0.05) is 13.0 Å². The second-order valence-electron chi connectivity index (χ2n) is 2.80. The molecule has 1 rings (SSSR count). The highest BCUT2D eigenvalue weighted by Crippen LogP contribution is 1.86. The van der Waals surface area contributed by atoms with Crippen LogP contribution in [0.25, 0.3) is 0 Å². The predicted molar refractivity (Wildman–Crippen MR) is 51.1 cm³/mol. The van der Waals surface area contributed by atoms with Crippen molar-refractivity contribution >= 4 is 11.7 Å². The van der Waals surface area contributed by atoms with Crippen LogP contribution in [0.5, 0.6) is 0 Å². The molecule has 82 valence electrons. The van der Waals surface area contributed by atoms with E-state index in [1.165, 1.54) is 6.33 Å². The third-order valence-electron chi connectivity index (χ3n) is 1.62. The minimum atomic E-state index is -0.301. The van der Waals surface area contributed by atoms with Crippen LogP contribution >= 0.6 is 0 Å². The van der Waals surface area contributed by atoms with E-state index in [1.807, 2.05) is 0 Å². The summed E-state index contributed by atoms with van der Waals surface area (Å²) in [6.07, 6.45) is 1.84. The van der Waals surface area contributed by atoms with Gasteiger partial charge in [-0.1, -0.05) is 5.16 Å². The van der Waals surface area contributed by atoms with Crippen molar-refractivity contribution in [2.45, 2.75) is 12.8 Å². The molecule has 0 aliphatic carbocycles. The van der Waals surface area contributed by atoms with Crippen molar-refractivity contribution in [1.82, 2.24) is 20.5 Å². The monoisotopic (exact) mass is 212 g/mol. The number of amides is 1. The zero-order valence-corrected chi connectivity index (χ0v) is 7.97. The number of rotatable bonds is 5. The first-order valence-corrected chi connectivity index (χ1v) is 4.29. The number of nitrogens with zero attached hydrogens (tertiary/aromatic N) is 3. The Morgan fingerprint density at radius 2 is 2.53 bits per heavy atom. The van der Waals surface area contributed by atoms with Gasteiger partial charge in [-0.25, -0.2) is 4.98 Å². The van der Waals surface area contributed by atoms with Gasteiger partial charge in [0.15, 0.2) is 0 Å². The van der Waals surface area contributed by atoms with Crippen LogP contribution in [-0.2, 0) is 11.2 Å². The third kappa shape index (κ3) is 4.07. The lowest BCUT2D eigenvalue weighted by atomic mass is 10.3. The van der Waals surface area contributed by atoms with E-state index < -0.39 is 0 Å². The predicted octanol–water partition coefficient (Wildman–Crippen LogP) is -1.40. The van der Waals surface area contributed by atoms with Crippen LogP contribution < -0.4 is 11.1 Å². The lowest BCUT2D eigenvalue weighted by Gasteiger charge is -2.02. The van der Waals surface area contributed by atoms with Crippen LogP contribution in [0.2, 0.25) is 0 Å². The molecule has 1 amide bonds.